The van der Waals surface area contributed by atoms with E-state index in [-0.39, 0.29) is 46.7 Å². The van der Waals surface area contributed by atoms with E-state index in [0.717, 1.165) is 6.07 Å². The van der Waals surface area contributed by atoms with Crippen LogP contribution in [0, 0.1) is 0 Å². The number of hydrogen-bond acceptors (Lipinski definition) is 7. The number of phenols is 2. The number of aromatic hydroxyl groups is 2. The smallest absolute Gasteiger partial charge is 0.338 e. The minimum absolute atomic E-state index is 0.0133. The molecule has 24 heavy (non-hydrogen) atoms. The molecule has 122 valence electrons. The second kappa shape index (κ2) is 5.78. The summed E-state index contributed by atoms with van der Waals surface area (Å²) in [5, 5.41) is 20.0. The molecule has 1 aliphatic carbocycles. The van der Waals surface area contributed by atoms with Gasteiger partial charge in [0.05, 0.1) is 16.7 Å². The zero-order valence-corrected chi connectivity index (χ0v) is 12.4. The third-order valence-corrected chi connectivity index (χ3v) is 3.69. The second-order valence-corrected chi connectivity index (χ2v) is 5.20. The van der Waals surface area contributed by atoms with Gasteiger partial charge in [-0.25, -0.2) is 4.79 Å². The summed E-state index contributed by atoms with van der Waals surface area (Å²) in [5.41, 5.74) is 4.68. The summed E-state index contributed by atoms with van der Waals surface area (Å²) in [6.07, 6.45) is 0. The van der Waals surface area contributed by atoms with E-state index in [2.05, 4.69) is 0 Å². The van der Waals surface area contributed by atoms with Crippen LogP contribution in [0.1, 0.15) is 42.2 Å². The Morgan fingerprint density at radius 3 is 2.42 bits per heavy atom. The Morgan fingerprint density at radius 1 is 1.00 bits per heavy atom. The third kappa shape index (κ3) is 2.31. The molecule has 7 heteroatoms. The topological polar surface area (TPSA) is 127 Å². The van der Waals surface area contributed by atoms with E-state index in [1.165, 1.54) is 24.3 Å². The standard InChI is InChI=1S/C17H13NO6/c18-4-5-24-17(23)8-6-10-14(12(20)7-8)16(22)13-9(15(10)21)2-1-3-11(13)19/h1-3,6-7,19-20H,4-5,18H2. The summed E-state index contributed by atoms with van der Waals surface area (Å²) in [6, 6.07) is 6.36. The molecule has 0 fully saturated rings. The fourth-order valence-corrected chi connectivity index (χ4v) is 2.64. The largest absolute Gasteiger partial charge is 0.507 e. The molecule has 0 aromatic heterocycles. The lowest BCUT2D eigenvalue weighted by Crippen LogP contribution is -2.22. The first kappa shape index (κ1) is 15.7. The number of fused-ring (bicyclic) bond motifs is 2. The zero-order chi connectivity index (χ0) is 17.4. The lowest BCUT2D eigenvalue weighted by atomic mass is 9.82. The Kier molecular flexibility index (Phi) is 3.78. The molecular weight excluding hydrogens is 314 g/mol. The first-order chi connectivity index (χ1) is 11.5. The number of hydrogen-bond donors (Lipinski definition) is 3. The highest BCUT2D eigenvalue weighted by atomic mass is 16.5. The van der Waals surface area contributed by atoms with Crippen LogP contribution < -0.4 is 5.73 Å². The van der Waals surface area contributed by atoms with Crippen LogP contribution in [0.4, 0.5) is 0 Å². The molecule has 0 unspecified atom stereocenters. The van der Waals surface area contributed by atoms with E-state index in [9.17, 15) is 24.6 Å². The fourth-order valence-electron chi connectivity index (χ4n) is 2.64. The average molecular weight is 327 g/mol. The van der Waals surface area contributed by atoms with Crippen molar-refractivity contribution >= 4 is 17.5 Å². The van der Waals surface area contributed by atoms with Crippen molar-refractivity contribution in [2.75, 3.05) is 13.2 Å². The van der Waals surface area contributed by atoms with Crippen LogP contribution in [0.25, 0.3) is 0 Å². The van der Waals surface area contributed by atoms with Gasteiger partial charge in [0.25, 0.3) is 0 Å². The highest BCUT2D eigenvalue weighted by Crippen LogP contribution is 2.37. The molecule has 0 atom stereocenters. The van der Waals surface area contributed by atoms with Gasteiger partial charge >= 0.3 is 5.97 Å². The summed E-state index contributed by atoms with van der Waals surface area (Å²) in [7, 11) is 0. The van der Waals surface area contributed by atoms with E-state index in [1.807, 2.05) is 0 Å². The van der Waals surface area contributed by atoms with Gasteiger partial charge in [0, 0.05) is 17.7 Å². The number of ketones is 2. The van der Waals surface area contributed by atoms with Crippen molar-refractivity contribution < 1.29 is 29.3 Å². The van der Waals surface area contributed by atoms with Gasteiger partial charge in [-0.2, -0.15) is 0 Å². The third-order valence-electron chi connectivity index (χ3n) is 3.69. The summed E-state index contributed by atoms with van der Waals surface area (Å²) >= 11 is 0. The van der Waals surface area contributed by atoms with E-state index in [0.29, 0.717) is 0 Å². The number of esters is 1. The van der Waals surface area contributed by atoms with Gasteiger partial charge in [-0.3, -0.25) is 9.59 Å². The number of carbonyl (C=O) groups excluding carboxylic acids is 3. The van der Waals surface area contributed by atoms with E-state index >= 15 is 0 Å². The van der Waals surface area contributed by atoms with Crippen molar-refractivity contribution in [1.29, 1.82) is 0 Å². The number of ether oxygens (including phenoxy) is 1. The SMILES string of the molecule is NCCOC(=O)c1cc(O)c2c(c1)C(=O)c1cccc(O)c1C2=O. The molecular formula is C17H13NO6. The molecule has 0 radical (unpaired) electrons. The van der Waals surface area contributed by atoms with Gasteiger partial charge < -0.3 is 20.7 Å². The predicted octanol–water partition coefficient (Wildman–Crippen LogP) is 0.989. The molecule has 4 N–H and O–H groups in total. The number of rotatable bonds is 3. The number of phenolic OH excluding ortho intramolecular Hbond substituents is 2. The second-order valence-electron chi connectivity index (χ2n) is 5.20. The molecule has 0 bridgehead atoms. The van der Waals surface area contributed by atoms with Crippen LogP contribution in [0.15, 0.2) is 30.3 Å². The van der Waals surface area contributed by atoms with Crippen molar-refractivity contribution in [2.45, 2.75) is 0 Å². The Hall–Kier alpha value is -3.19. The van der Waals surface area contributed by atoms with Crippen LogP contribution in [0.3, 0.4) is 0 Å². The Morgan fingerprint density at radius 2 is 1.71 bits per heavy atom. The molecule has 7 nitrogen and oxygen atoms in total. The Labute approximate surface area is 136 Å². The monoisotopic (exact) mass is 327 g/mol. The quantitative estimate of drug-likeness (QED) is 0.612. The molecule has 3 rings (SSSR count). The maximum Gasteiger partial charge on any atom is 0.338 e. The van der Waals surface area contributed by atoms with Crippen LogP contribution in [0.2, 0.25) is 0 Å². The normalized spacial score (nSPS) is 12.5. The van der Waals surface area contributed by atoms with E-state index in [1.54, 1.807) is 0 Å². The highest BCUT2D eigenvalue weighted by molar-refractivity contribution is 6.30. The molecule has 0 amide bonds. The lowest BCUT2D eigenvalue weighted by Gasteiger charge is -2.19. The summed E-state index contributed by atoms with van der Waals surface area (Å²) < 4.78 is 4.86. The highest BCUT2D eigenvalue weighted by Gasteiger charge is 2.35. The van der Waals surface area contributed by atoms with Crippen LogP contribution in [0.5, 0.6) is 11.5 Å². The van der Waals surface area contributed by atoms with Crippen LogP contribution in [-0.4, -0.2) is 40.9 Å². The lowest BCUT2D eigenvalue weighted by molar-refractivity contribution is 0.0516. The van der Waals surface area contributed by atoms with Gasteiger partial charge in [-0.05, 0) is 18.2 Å². The van der Waals surface area contributed by atoms with Gasteiger partial charge in [0.15, 0.2) is 5.78 Å². The molecule has 2 aromatic rings. The maximum absolute atomic E-state index is 12.6. The minimum atomic E-state index is -0.763. The number of carbonyl (C=O) groups is 3. The molecule has 0 aliphatic heterocycles. The summed E-state index contributed by atoms with van der Waals surface area (Å²) in [4.78, 5) is 37.0. The zero-order valence-electron chi connectivity index (χ0n) is 12.4. The first-order valence-corrected chi connectivity index (χ1v) is 7.11. The van der Waals surface area contributed by atoms with Crippen molar-refractivity contribution in [2.24, 2.45) is 5.73 Å². The molecule has 2 aromatic carbocycles. The van der Waals surface area contributed by atoms with Gasteiger partial charge in [0.2, 0.25) is 5.78 Å². The van der Waals surface area contributed by atoms with Crippen molar-refractivity contribution in [3.05, 3.63) is 58.1 Å². The Balaban J connectivity index is 2.15. The number of nitrogens with two attached hydrogens (primary N) is 1. The fraction of sp³-hybridized carbons (Fsp3) is 0.118. The summed E-state index contributed by atoms with van der Waals surface area (Å²) in [5.74, 6) is -2.89. The molecule has 0 spiro atoms. The van der Waals surface area contributed by atoms with Crippen molar-refractivity contribution in [3.63, 3.8) is 0 Å². The predicted molar refractivity (Wildman–Crippen MR) is 82.4 cm³/mol. The number of benzene rings is 2. The van der Waals surface area contributed by atoms with E-state index < -0.39 is 23.3 Å². The molecule has 1 aliphatic rings. The van der Waals surface area contributed by atoms with Gasteiger partial charge in [-0.15, -0.1) is 0 Å². The summed E-state index contributed by atoms with van der Waals surface area (Å²) in [6.45, 7) is 0.118. The van der Waals surface area contributed by atoms with Gasteiger partial charge in [0.1, 0.15) is 18.1 Å². The van der Waals surface area contributed by atoms with E-state index in [4.69, 9.17) is 10.5 Å². The molecule has 0 saturated carbocycles. The molecule has 0 heterocycles. The van der Waals surface area contributed by atoms with Crippen LogP contribution in [-0.2, 0) is 4.74 Å². The first-order valence-electron chi connectivity index (χ1n) is 7.11. The minimum Gasteiger partial charge on any atom is -0.507 e. The van der Waals surface area contributed by atoms with Crippen LogP contribution >= 0.6 is 0 Å². The Bertz CT molecular complexity index is 887. The average Bonchev–Trinajstić information content (AvgIpc) is 2.56. The van der Waals surface area contributed by atoms with Crippen molar-refractivity contribution in [3.8, 4) is 11.5 Å². The van der Waals surface area contributed by atoms with Crippen molar-refractivity contribution in [1.82, 2.24) is 0 Å². The maximum atomic E-state index is 12.6. The molecule has 0 saturated heterocycles. The van der Waals surface area contributed by atoms with Gasteiger partial charge in [-0.1, -0.05) is 12.1 Å².